The zero-order valence-electron chi connectivity index (χ0n) is 13.8. The van der Waals surface area contributed by atoms with Gasteiger partial charge in [-0.1, -0.05) is 22.4 Å². The van der Waals surface area contributed by atoms with E-state index in [9.17, 15) is 0 Å². The molecule has 0 N–H and O–H groups in total. The van der Waals surface area contributed by atoms with Crippen molar-refractivity contribution in [2.75, 3.05) is 20.2 Å². The molecule has 4 rings (SSSR count). The largest absolute Gasteiger partial charge is 0.496 e. The summed E-state index contributed by atoms with van der Waals surface area (Å²) in [5.74, 6) is 3.78. The molecular weight excluding hydrogens is 374 g/mol. The van der Waals surface area contributed by atoms with Gasteiger partial charge in [0, 0.05) is 10.5 Å². The predicted octanol–water partition coefficient (Wildman–Crippen LogP) is 5.25. The van der Waals surface area contributed by atoms with Gasteiger partial charge in [-0.2, -0.15) is 0 Å². The number of fused-ring (bicyclic) bond motifs is 2. The van der Waals surface area contributed by atoms with E-state index in [0.717, 1.165) is 23.6 Å². The minimum absolute atomic E-state index is 0. The highest BCUT2D eigenvalue weighted by Gasteiger charge is 2.42. The predicted molar refractivity (Wildman–Crippen MR) is 101 cm³/mol. The first kappa shape index (κ1) is 17.6. The summed E-state index contributed by atoms with van der Waals surface area (Å²) < 4.78 is 6.75. The summed E-state index contributed by atoms with van der Waals surface area (Å²) in [7, 11) is 1.79. The zero-order valence-corrected chi connectivity index (χ0v) is 16.2. The van der Waals surface area contributed by atoms with Crippen LogP contribution in [0, 0.1) is 11.8 Å². The molecule has 1 aliphatic heterocycles. The number of piperidine rings is 1. The molecule has 2 saturated carbocycles. The van der Waals surface area contributed by atoms with Gasteiger partial charge in [0.15, 0.2) is 0 Å². The molecule has 0 amide bonds. The van der Waals surface area contributed by atoms with E-state index < -0.39 is 0 Å². The summed E-state index contributed by atoms with van der Waals surface area (Å²) in [6.07, 6.45) is 8.56. The fraction of sp³-hybridized carbons (Fsp3) is 0.684. The highest BCUT2D eigenvalue weighted by Crippen LogP contribution is 2.48. The molecule has 3 atom stereocenters. The van der Waals surface area contributed by atoms with Gasteiger partial charge >= 0.3 is 0 Å². The van der Waals surface area contributed by atoms with E-state index in [-0.39, 0.29) is 12.4 Å². The van der Waals surface area contributed by atoms with E-state index >= 15 is 0 Å². The third-order valence-electron chi connectivity index (χ3n) is 6.33. The minimum atomic E-state index is 0. The molecule has 0 unspecified atom stereocenters. The fourth-order valence-corrected chi connectivity index (χ4v) is 5.60. The first-order valence-electron chi connectivity index (χ1n) is 8.82. The van der Waals surface area contributed by atoms with Crippen LogP contribution in [0.2, 0.25) is 0 Å². The molecule has 0 radical (unpaired) electrons. The summed E-state index contributed by atoms with van der Waals surface area (Å²) in [5, 5.41) is 0. The lowest BCUT2D eigenvalue weighted by molar-refractivity contribution is 0.110. The summed E-state index contributed by atoms with van der Waals surface area (Å²) >= 11 is 3.61. The third kappa shape index (κ3) is 3.43. The molecule has 1 heterocycles. The topological polar surface area (TPSA) is 12.5 Å². The van der Waals surface area contributed by atoms with Crippen molar-refractivity contribution in [1.29, 1.82) is 0 Å². The Hall–Kier alpha value is -0.250. The SMILES string of the molecule is COc1ccc(Br)cc1C1CCN([C@@H]2C[C@@H]3CC[C@H]2C3)CC1.Cl. The second kappa shape index (κ2) is 7.33. The van der Waals surface area contributed by atoms with Crippen molar-refractivity contribution in [3.63, 3.8) is 0 Å². The zero-order chi connectivity index (χ0) is 15.1. The standard InChI is InChI=1S/C19H26BrNO.ClH/c1-22-19-5-4-16(20)12-17(19)14-6-8-21(9-7-14)18-11-13-2-3-15(18)10-13;/h4-5,12-15,18H,2-3,6-11H2,1H3;1H/t13-,15+,18-;/m1./s1. The Balaban J connectivity index is 0.00000156. The second-order valence-electron chi connectivity index (χ2n) is 7.44. The van der Waals surface area contributed by atoms with E-state index in [1.807, 2.05) is 0 Å². The lowest BCUT2D eigenvalue weighted by atomic mass is 9.86. The molecule has 3 fully saturated rings. The Morgan fingerprint density at radius 2 is 1.87 bits per heavy atom. The van der Waals surface area contributed by atoms with Gasteiger partial charge in [0.25, 0.3) is 0 Å². The number of hydrogen-bond acceptors (Lipinski definition) is 2. The number of hydrogen-bond donors (Lipinski definition) is 0. The lowest BCUT2D eigenvalue weighted by Crippen LogP contribution is -2.43. The molecule has 2 aliphatic carbocycles. The van der Waals surface area contributed by atoms with Crippen LogP contribution in [0.1, 0.15) is 50.0 Å². The van der Waals surface area contributed by atoms with Gasteiger partial charge in [-0.15, -0.1) is 12.4 Å². The van der Waals surface area contributed by atoms with Crippen molar-refractivity contribution in [1.82, 2.24) is 4.90 Å². The quantitative estimate of drug-likeness (QED) is 0.687. The van der Waals surface area contributed by atoms with Gasteiger partial charge in [0.1, 0.15) is 5.75 Å². The molecule has 1 aromatic rings. The Morgan fingerprint density at radius 1 is 1.09 bits per heavy atom. The van der Waals surface area contributed by atoms with Crippen LogP contribution in [-0.2, 0) is 0 Å². The summed E-state index contributed by atoms with van der Waals surface area (Å²) in [4.78, 5) is 2.81. The molecule has 0 aromatic heterocycles. The minimum Gasteiger partial charge on any atom is -0.496 e. The molecular formula is C19H27BrClNO. The third-order valence-corrected chi connectivity index (χ3v) is 6.82. The Kier molecular flexibility index (Phi) is 5.60. The first-order chi connectivity index (χ1) is 10.7. The van der Waals surface area contributed by atoms with Crippen LogP contribution in [0.5, 0.6) is 5.75 Å². The van der Waals surface area contributed by atoms with E-state index in [1.54, 1.807) is 7.11 Å². The smallest absolute Gasteiger partial charge is 0.122 e. The number of halogens is 2. The maximum absolute atomic E-state index is 5.59. The van der Waals surface area contributed by atoms with Gasteiger partial charge in [0.2, 0.25) is 0 Å². The van der Waals surface area contributed by atoms with Gasteiger partial charge in [-0.05, 0) is 86.7 Å². The summed E-state index contributed by atoms with van der Waals surface area (Å²) in [6, 6.07) is 7.34. The van der Waals surface area contributed by atoms with Crippen LogP contribution in [0.15, 0.2) is 22.7 Å². The Morgan fingerprint density at radius 3 is 2.48 bits per heavy atom. The molecule has 23 heavy (non-hydrogen) atoms. The van der Waals surface area contributed by atoms with Crippen LogP contribution in [0.25, 0.3) is 0 Å². The molecule has 0 spiro atoms. The van der Waals surface area contributed by atoms with Crippen LogP contribution in [0.4, 0.5) is 0 Å². The second-order valence-corrected chi connectivity index (χ2v) is 8.35. The van der Waals surface area contributed by atoms with Gasteiger partial charge in [-0.25, -0.2) is 0 Å². The van der Waals surface area contributed by atoms with Crippen molar-refractivity contribution < 1.29 is 4.74 Å². The van der Waals surface area contributed by atoms with Crippen molar-refractivity contribution in [3.05, 3.63) is 28.2 Å². The van der Waals surface area contributed by atoms with E-state index in [4.69, 9.17) is 4.74 Å². The number of rotatable bonds is 3. The van der Waals surface area contributed by atoms with Crippen molar-refractivity contribution in [3.8, 4) is 5.75 Å². The van der Waals surface area contributed by atoms with Gasteiger partial charge in [-0.3, -0.25) is 0 Å². The van der Waals surface area contributed by atoms with Crippen LogP contribution < -0.4 is 4.74 Å². The highest BCUT2D eigenvalue weighted by atomic mass is 79.9. The van der Waals surface area contributed by atoms with E-state index in [1.165, 1.54) is 61.7 Å². The highest BCUT2D eigenvalue weighted by molar-refractivity contribution is 9.10. The van der Waals surface area contributed by atoms with Gasteiger partial charge < -0.3 is 9.64 Å². The Labute approximate surface area is 154 Å². The monoisotopic (exact) mass is 399 g/mol. The number of benzene rings is 1. The molecule has 2 nitrogen and oxygen atoms in total. The molecule has 1 saturated heterocycles. The van der Waals surface area contributed by atoms with Crippen molar-refractivity contribution in [2.24, 2.45) is 11.8 Å². The number of methoxy groups -OCH3 is 1. The summed E-state index contributed by atoms with van der Waals surface area (Å²) in [5.41, 5.74) is 1.39. The van der Waals surface area contributed by atoms with E-state index in [2.05, 4.69) is 39.0 Å². The van der Waals surface area contributed by atoms with Crippen molar-refractivity contribution >= 4 is 28.3 Å². The number of ether oxygens (including phenoxy) is 1. The molecule has 128 valence electrons. The normalized spacial score (nSPS) is 31.1. The number of likely N-dealkylation sites (tertiary alicyclic amines) is 1. The van der Waals surface area contributed by atoms with Crippen LogP contribution >= 0.6 is 28.3 Å². The van der Waals surface area contributed by atoms with Crippen molar-refractivity contribution in [2.45, 2.75) is 50.5 Å². The fourth-order valence-electron chi connectivity index (χ4n) is 5.22. The molecule has 4 heteroatoms. The maximum atomic E-state index is 5.59. The average molecular weight is 401 g/mol. The van der Waals surface area contributed by atoms with Gasteiger partial charge in [0.05, 0.1) is 7.11 Å². The van der Waals surface area contributed by atoms with E-state index in [0.29, 0.717) is 5.92 Å². The Bertz CT molecular complexity index is 544. The lowest BCUT2D eigenvalue weighted by Gasteiger charge is -2.40. The van der Waals surface area contributed by atoms with Crippen LogP contribution in [0.3, 0.4) is 0 Å². The summed E-state index contributed by atoms with van der Waals surface area (Å²) in [6.45, 7) is 2.54. The average Bonchev–Trinajstić information content (AvgIpc) is 3.18. The maximum Gasteiger partial charge on any atom is 0.122 e. The molecule has 3 aliphatic rings. The molecule has 2 bridgehead atoms. The van der Waals surface area contributed by atoms with Crippen LogP contribution in [-0.4, -0.2) is 31.1 Å². The first-order valence-corrected chi connectivity index (χ1v) is 9.61. The number of nitrogens with zero attached hydrogens (tertiary/aromatic N) is 1. The molecule has 1 aromatic carbocycles.